The Labute approximate surface area is 656 Å². The molecule has 5 aromatic heterocycles. The van der Waals surface area contributed by atoms with Crippen LogP contribution in [0.25, 0.3) is 10.9 Å². The van der Waals surface area contributed by atoms with Crippen LogP contribution in [0, 0.1) is 0 Å². The Balaban J connectivity index is -0.000000270. The number of pyridine rings is 5. The molecule has 10 heterocycles. The van der Waals surface area contributed by atoms with E-state index < -0.39 is 0 Å². The second kappa shape index (κ2) is 68.3. The van der Waals surface area contributed by atoms with Gasteiger partial charge >= 0.3 is 0 Å². The number of fused-ring (bicyclic) bond motifs is 6. The summed E-state index contributed by atoms with van der Waals surface area (Å²) in [5.41, 5.74) is 12.5. The number of hydrogen-bond acceptors (Lipinski definition) is 10. The third-order valence-electron chi connectivity index (χ3n) is 15.0. The summed E-state index contributed by atoms with van der Waals surface area (Å²) in [5, 5.41) is 1.23. The Morgan fingerprint density at radius 1 is 0.271 bits per heavy atom. The van der Waals surface area contributed by atoms with Crippen LogP contribution in [0.15, 0.2) is 134 Å². The smallest absolute Gasteiger partial charge is 0.228 e. The Kier molecular flexibility index (Phi) is 70.1. The van der Waals surface area contributed by atoms with E-state index in [1.165, 1.54) is 33.2 Å². The first kappa shape index (κ1) is 110. The van der Waals surface area contributed by atoms with Crippen molar-refractivity contribution in [3.8, 4) is 0 Å². The van der Waals surface area contributed by atoms with Gasteiger partial charge in [0.25, 0.3) is 0 Å². The number of benzene rings is 2. The summed E-state index contributed by atoms with van der Waals surface area (Å²) in [4.78, 5) is 88.9. The van der Waals surface area contributed by atoms with Gasteiger partial charge in [0.2, 0.25) is 29.5 Å². The van der Waals surface area contributed by atoms with Crippen molar-refractivity contribution in [2.24, 2.45) is 0 Å². The SMILES string of the molecule is CC.CC.CC.CC.CC.CC.CC.CC.CC.CC.CC.CC.CC(C)N1C(=O)CCc2ccccc21.CC(C)N1C(=O)CCc2cccnc21.CC(C)N1C(=O)CCc2ccncc21.CC(C)N1C(=O)CCc2cnccc21.CC(C)N1C(=O)CCc2ncccc21.CC(C)c1cccc2cccnc12. The Hall–Kier alpha value is -8.20. The molecule has 5 amide bonds. The summed E-state index contributed by atoms with van der Waals surface area (Å²) in [6.45, 7) is 72.7. The molecule has 5 aliphatic rings. The molecule has 7 aromatic rings. The molecular formula is C92H156N10O5. The molecular weight excluding hydrogens is 1330 g/mol. The molecule has 0 unspecified atom stereocenters. The zero-order valence-corrected chi connectivity index (χ0v) is 74.8. The maximum absolute atomic E-state index is 11.7. The third-order valence-corrected chi connectivity index (χ3v) is 15.0. The Morgan fingerprint density at radius 3 is 1.09 bits per heavy atom. The molecule has 604 valence electrons. The van der Waals surface area contributed by atoms with Crippen LogP contribution in [-0.2, 0) is 56.1 Å². The van der Waals surface area contributed by atoms with E-state index in [2.05, 4.69) is 82.9 Å². The van der Waals surface area contributed by atoms with Crippen molar-refractivity contribution >= 4 is 69.0 Å². The highest BCUT2D eigenvalue weighted by molar-refractivity contribution is 5.99. The molecule has 107 heavy (non-hydrogen) atoms. The van der Waals surface area contributed by atoms with Crippen LogP contribution >= 0.6 is 0 Å². The van der Waals surface area contributed by atoms with Crippen LogP contribution in [0.2, 0.25) is 0 Å². The van der Waals surface area contributed by atoms with Crippen molar-refractivity contribution in [2.45, 2.75) is 350 Å². The molecule has 15 heteroatoms. The number of para-hydroxylation sites is 2. The van der Waals surface area contributed by atoms with E-state index in [1.807, 2.05) is 314 Å². The maximum Gasteiger partial charge on any atom is 0.228 e. The average molecular weight is 1480 g/mol. The lowest BCUT2D eigenvalue weighted by Gasteiger charge is -2.32. The van der Waals surface area contributed by atoms with E-state index in [-0.39, 0.29) is 59.7 Å². The molecule has 5 aliphatic heterocycles. The fourth-order valence-electron chi connectivity index (χ4n) is 11.2. The van der Waals surface area contributed by atoms with Crippen molar-refractivity contribution in [1.82, 2.24) is 24.9 Å². The fourth-order valence-corrected chi connectivity index (χ4v) is 11.2. The molecule has 0 bridgehead atoms. The molecule has 15 nitrogen and oxygen atoms in total. The first-order chi connectivity index (χ1) is 51.8. The molecule has 0 radical (unpaired) electrons. The highest BCUT2D eigenvalue weighted by Gasteiger charge is 2.30. The summed E-state index contributed by atoms with van der Waals surface area (Å²) >= 11 is 0. The molecule has 0 fully saturated rings. The number of carbonyl (C=O) groups excluding carboxylic acids is 5. The second-order valence-electron chi connectivity index (χ2n) is 23.0. The normalized spacial score (nSPS) is 12.4. The van der Waals surface area contributed by atoms with Crippen LogP contribution in [0.4, 0.5) is 28.6 Å². The zero-order valence-electron chi connectivity index (χ0n) is 74.8. The predicted molar refractivity (Wildman–Crippen MR) is 470 cm³/mol. The van der Waals surface area contributed by atoms with Crippen LogP contribution < -0.4 is 24.5 Å². The van der Waals surface area contributed by atoms with Crippen LogP contribution in [0.5, 0.6) is 0 Å². The number of aromatic nitrogens is 5. The summed E-state index contributed by atoms with van der Waals surface area (Å²) in [5.74, 6) is 2.46. The number of amides is 5. The molecule has 0 N–H and O–H groups in total. The standard InChI is InChI=1S/C12H15NO.C12H13N.4C11H14N2O.12C2H6/c1-9(2)13-11-6-4-3-5-10(11)7-8-12(13)14;1-9(2)11-7-3-5-10-6-4-8-13-12(10)11;1-8(2)13-10-5-6-12-7-9(10)3-4-11(13)14;1-8(2)13-10-7-12-6-5-9(10)3-4-11(13)14;1-8(2)13-10-4-3-7-12-9(10)5-6-11(13)14;1-8(2)13-10(14)6-5-9-4-3-7-12-11(9)13;12*1-2/h3-6,9H,7-8H2,1-2H3;3-9H,1-2H3;2*5-8H,3-4H2,1-2H3;2*3-4,7-8H,5-6H2,1-2H3;12*1-2H3. The summed E-state index contributed by atoms with van der Waals surface area (Å²) < 4.78 is 0. The quantitative estimate of drug-likeness (QED) is 0.156. The number of nitrogens with zero attached hydrogens (tertiary/aromatic N) is 10. The number of hydrogen-bond donors (Lipinski definition) is 0. The van der Waals surface area contributed by atoms with Gasteiger partial charge in [0.1, 0.15) is 5.82 Å². The topological polar surface area (TPSA) is 166 Å². The van der Waals surface area contributed by atoms with Gasteiger partial charge in [-0.15, -0.1) is 0 Å². The number of rotatable bonds is 6. The highest BCUT2D eigenvalue weighted by Crippen LogP contribution is 2.33. The van der Waals surface area contributed by atoms with Crippen LogP contribution in [0.3, 0.4) is 0 Å². The molecule has 0 saturated carbocycles. The van der Waals surface area contributed by atoms with Gasteiger partial charge < -0.3 is 19.6 Å². The van der Waals surface area contributed by atoms with Crippen molar-refractivity contribution in [2.75, 3.05) is 24.5 Å². The molecule has 0 spiro atoms. The third kappa shape index (κ3) is 36.5. The minimum Gasteiger partial charge on any atom is -0.310 e. The van der Waals surface area contributed by atoms with E-state index >= 15 is 0 Å². The van der Waals surface area contributed by atoms with Crippen molar-refractivity contribution in [3.05, 3.63) is 168 Å². The second-order valence-corrected chi connectivity index (χ2v) is 23.0. The number of anilines is 5. The lowest BCUT2D eigenvalue weighted by atomic mass is 10.00. The lowest BCUT2D eigenvalue weighted by Crippen LogP contribution is -2.40. The van der Waals surface area contributed by atoms with E-state index in [0.29, 0.717) is 38.0 Å². The number of aryl methyl sites for hydroxylation is 5. The van der Waals surface area contributed by atoms with Gasteiger partial charge in [0, 0.05) is 117 Å². The van der Waals surface area contributed by atoms with Crippen LogP contribution in [-0.4, -0.2) is 84.7 Å². The van der Waals surface area contributed by atoms with E-state index in [4.69, 9.17) is 0 Å². The first-order valence-corrected chi connectivity index (χ1v) is 41.5. The largest absolute Gasteiger partial charge is 0.310 e. The van der Waals surface area contributed by atoms with E-state index in [0.717, 1.165) is 71.9 Å². The monoisotopic (exact) mass is 1480 g/mol. The molecule has 0 atom stereocenters. The van der Waals surface area contributed by atoms with Crippen molar-refractivity contribution in [3.63, 3.8) is 0 Å². The summed E-state index contributed by atoms with van der Waals surface area (Å²) in [6, 6.07) is 31.4. The van der Waals surface area contributed by atoms with Gasteiger partial charge in [0.15, 0.2) is 0 Å². The van der Waals surface area contributed by atoms with E-state index in [9.17, 15) is 24.0 Å². The highest BCUT2D eigenvalue weighted by atomic mass is 16.2. The minimum atomic E-state index is 0.186. The number of carbonyl (C=O) groups is 5. The fraction of sp³-hybridized carbons (Fsp3) is 0.565. The predicted octanol–water partition coefficient (Wildman–Crippen LogP) is 25.1. The zero-order chi connectivity index (χ0) is 83.9. The average Bonchev–Trinajstić information content (AvgIpc) is 0.836. The lowest BCUT2D eigenvalue weighted by molar-refractivity contribution is -0.120. The minimum absolute atomic E-state index is 0.186. The molecule has 0 aliphatic carbocycles. The van der Waals surface area contributed by atoms with Gasteiger partial charge in [-0.2, -0.15) is 0 Å². The van der Waals surface area contributed by atoms with Gasteiger partial charge in [-0.25, -0.2) is 4.98 Å². The van der Waals surface area contributed by atoms with Gasteiger partial charge in [-0.3, -0.25) is 48.8 Å². The van der Waals surface area contributed by atoms with Crippen LogP contribution in [0.1, 0.15) is 321 Å². The first-order valence-electron chi connectivity index (χ1n) is 41.5. The van der Waals surface area contributed by atoms with E-state index in [1.54, 1.807) is 35.9 Å². The summed E-state index contributed by atoms with van der Waals surface area (Å²) in [7, 11) is 0. The molecule has 12 rings (SSSR count). The van der Waals surface area contributed by atoms with Crippen molar-refractivity contribution in [1.29, 1.82) is 0 Å². The maximum atomic E-state index is 11.7. The summed E-state index contributed by atoms with van der Waals surface area (Å²) in [6.07, 6.45) is 19.8. The van der Waals surface area contributed by atoms with Gasteiger partial charge in [-0.05, 0) is 171 Å². The van der Waals surface area contributed by atoms with Gasteiger partial charge in [0.05, 0.1) is 34.5 Å². The molecule has 2 aromatic carbocycles. The van der Waals surface area contributed by atoms with Gasteiger partial charge in [-0.1, -0.05) is 229 Å². The molecule has 0 saturated heterocycles. The van der Waals surface area contributed by atoms with Crippen molar-refractivity contribution < 1.29 is 24.0 Å². The Morgan fingerprint density at radius 2 is 0.607 bits per heavy atom. The Bertz CT molecular complexity index is 2940.